The number of aromatic nitrogens is 1. The highest BCUT2D eigenvalue weighted by Gasteiger charge is 2.34. The third kappa shape index (κ3) is 5.21. The second kappa shape index (κ2) is 9.89. The topological polar surface area (TPSA) is 95.0 Å². The van der Waals surface area contributed by atoms with Crippen molar-refractivity contribution >= 4 is 17.5 Å². The van der Waals surface area contributed by atoms with E-state index >= 15 is 0 Å². The third-order valence-corrected chi connectivity index (χ3v) is 5.43. The van der Waals surface area contributed by atoms with E-state index in [0.29, 0.717) is 35.7 Å². The van der Waals surface area contributed by atoms with Crippen LogP contribution in [0.25, 0.3) is 0 Å². The largest absolute Gasteiger partial charge is 0.486 e. The lowest BCUT2D eigenvalue weighted by atomic mass is 9.99. The SMILES string of the molecule is C[C@H]1CN([C@@H](C)CO)C(=O)c2cccc(NC(=O)c3ccncc3)c2O[C@@H]1CN(C)C. The van der Waals surface area contributed by atoms with Crippen LogP contribution in [0, 0.1) is 5.92 Å². The molecule has 166 valence electrons. The van der Waals surface area contributed by atoms with Gasteiger partial charge in [0.1, 0.15) is 6.10 Å². The molecule has 3 rings (SSSR count). The van der Waals surface area contributed by atoms with Crippen molar-refractivity contribution in [2.24, 2.45) is 5.92 Å². The fraction of sp³-hybridized carbons (Fsp3) is 0.435. The number of nitrogens with one attached hydrogen (secondary N) is 1. The zero-order valence-electron chi connectivity index (χ0n) is 18.4. The summed E-state index contributed by atoms with van der Waals surface area (Å²) >= 11 is 0. The summed E-state index contributed by atoms with van der Waals surface area (Å²) in [5.41, 5.74) is 1.25. The molecule has 8 nitrogen and oxygen atoms in total. The molecule has 0 bridgehead atoms. The predicted molar refractivity (Wildman–Crippen MR) is 118 cm³/mol. The van der Waals surface area contributed by atoms with Crippen LogP contribution in [0.3, 0.4) is 0 Å². The Balaban J connectivity index is 2.04. The first-order chi connectivity index (χ1) is 14.8. The molecule has 1 aliphatic heterocycles. The maximum absolute atomic E-state index is 13.4. The van der Waals surface area contributed by atoms with Gasteiger partial charge in [0, 0.05) is 37.0 Å². The van der Waals surface area contributed by atoms with Crippen molar-refractivity contribution in [2.45, 2.75) is 26.0 Å². The number of hydrogen-bond donors (Lipinski definition) is 2. The predicted octanol–water partition coefficient (Wildman–Crippen LogP) is 2.12. The van der Waals surface area contributed by atoms with Crippen LogP contribution in [0.4, 0.5) is 5.69 Å². The van der Waals surface area contributed by atoms with Crippen molar-refractivity contribution in [2.75, 3.05) is 39.1 Å². The summed E-state index contributed by atoms with van der Waals surface area (Å²) in [7, 11) is 3.93. The highest BCUT2D eigenvalue weighted by Crippen LogP contribution is 2.35. The number of hydrogen-bond acceptors (Lipinski definition) is 6. The van der Waals surface area contributed by atoms with Crippen LogP contribution in [-0.4, -0.2) is 77.6 Å². The van der Waals surface area contributed by atoms with Crippen LogP contribution >= 0.6 is 0 Å². The number of carbonyl (C=O) groups excluding carboxylic acids is 2. The van der Waals surface area contributed by atoms with Gasteiger partial charge < -0.3 is 25.0 Å². The van der Waals surface area contributed by atoms with E-state index in [1.165, 1.54) is 0 Å². The van der Waals surface area contributed by atoms with Crippen LogP contribution in [-0.2, 0) is 0 Å². The van der Waals surface area contributed by atoms with Crippen LogP contribution in [0.2, 0.25) is 0 Å². The Morgan fingerprint density at radius 2 is 2.03 bits per heavy atom. The quantitative estimate of drug-likeness (QED) is 0.735. The van der Waals surface area contributed by atoms with E-state index < -0.39 is 0 Å². The Labute approximate surface area is 182 Å². The van der Waals surface area contributed by atoms with E-state index in [-0.39, 0.29) is 36.5 Å². The maximum Gasteiger partial charge on any atom is 0.258 e. The lowest BCUT2D eigenvalue weighted by Crippen LogP contribution is -2.49. The van der Waals surface area contributed by atoms with Gasteiger partial charge in [0.05, 0.1) is 23.9 Å². The summed E-state index contributed by atoms with van der Waals surface area (Å²) in [5, 5.41) is 12.6. The number of aliphatic hydroxyl groups is 1. The van der Waals surface area contributed by atoms with E-state index in [2.05, 4.69) is 10.3 Å². The summed E-state index contributed by atoms with van der Waals surface area (Å²) in [6.45, 7) is 4.82. The number of nitrogens with zero attached hydrogens (tertiary/aromatic N) is 3. The smallest absolute Gasteiger partial charge is 0.258 e. The van der Waals surface area contributed by atoms with Gasteiger partial charge in [0.25, 0.3) is 11.8 Å². The van der Waals surface area contributed by atoms with E-state index in [1.807, 2.05) is 32.8 Å². The second-order valence-electron chi connectivity index (χ2n) is 8.26. The third-order valence-electron chi connectivity index (χ3n) is 5.43. The molecule has 0 spiro atoms. The van der Waals surface area contributed by atoms with Crippen molar-refractivity contribution in [3.8, 4) is 5.75 Å². The molecule has 1 aromatic heterocycles. The molecule has 0 saturated heterocycles. The molecule has 0 fully saturated rings. The van der Waals surface area contributed by atoms with Gasteiger partial charge in [0.15, 0.2) is 5.75 Å². The molecule has 8 heteroatoms. The van der Waals surface area contributed by atoms with E-state index in [1.54, 1.807) is 47.6 Å². The monoisotopic (exact) mass is 426 g/mol. The summed E-state index contributed by atoms with van der Waals surface area (Å²) < 4.78 is 6.38. The Hall–Kier alpha value is -2.97. The zero-order chi connectivity index (χ0) is 22.5. The van der Waals surface area contributed by atoms with Crippen LogP contribution < -0.4 is 10.1 Å². The Kier molecular flexibility index (Phi) is 7.25. The summed E-state index contributed by atoms with van der Waals surface area (Å²) in [5.74, 6) is -0.181. The maximum atomic E-state index is 13.4. The van der Waals surface area contributed by atoms with Crippen molar-refractivity contribution < 1.29 is 19.4 Å². The Morgan fingerprint density at radius 1 is 1.32 bits per heavy atom. The number of ether oxygens (including phenoxy) is 1. The van der Waals surface area contributed by atoms with E-state index in [4.69, 9.17) is 4.74 Å². The number of benzene rings is 1. The number of likely N-dealkylation sites (N-methyl/N-ethyl adjacent to an activating group) is 1. The van der Waals surface area contributed by atoms with Crippen LogP contribution in [0.1, 0.15) is 34.6 Å². The van der Waals surface area contributed by atoms with Crippen molar-refractivity contribution in [1.29, 1.82) is 0 Å². The minimum Gasteiger partial charge on any atom is -0.486 e. The van der Waals surface area contributed by atoms with E-state index in [9.17, 15) is 14.7 Å². The van der Waals surface area contributed by atoms with Crippen LogP contribution in [0.5, 0.6) is 5.75 Å². The summed E-state index contributed by atoms with van der Waals surface area (Å²) in [6.07, 6.45) is 2.88. The summed E-state index contributed by atoms with van der Waals surface area (Å²) in [4.78, 5) is 33.8. The van der Waals surface area contributed by atoms with Gasteiger partial charge in [-0.05, 0) is 45.3 Å². The van der Waals surface area contributed by atoms with Crippen molar-refractivity contribution in [1.82, 2.24) is 14.8 Å². The molecule has 2 amide bonds. The van der Waals surface area contributed by atoms with Gasteiger partial charge in [-0.2, -0.15) is 0 Å². The number of fused-ring (bicyclic) bond motifs is 1. The van der Waals surface area contributed by atoms with Gasteiger partial charge >= 0.3 is 0 Å². The normalized spacial score (nSPS) is 19.8. The number of aliphatic hydroxyl groups excluding tert-OH is 1. The van der Waals surface area contributed by atoms with Gasteiger partial charge in [-0.25, -0.2) is 0 Å². The van der Waals surface area contributed by atoms with Gasteiger partial charge in [-0.15, -0.1) is 0 Å². The molecule has 2 aromatic rings. The average Bonchev–Trinajstić information content (AvgIpc) is 2.76. The lowest BCUT2D eigenvalue weighted by molar-refractivity contribution is 0.0365. The molecule has 1 aromatic carbocycles. The fourth-order valence-electron chi connectivity index (χ4n) is 3.62. The Morgan fingerprint density at radius 3 is 2.68 bits per heavy atom. The second-order valence-corrected chi connectivity index (χ2v) is 8.26. The first-order valence-corrected chi connectivity index (χ1v) is 10.4. The molecule has 2 heterocycles. The minimum absolute atomic E-state index is 0.0115. The molecule has 1 aliphatic rings. The number of amides is 2. The standard InChI is InChI=1S/C23H30N4O4/c1-15-12-27(16(2)14-28)23(30)18-6-5-7-19(21(18)31-20(15)13-26(3)4)25-22(29)17-8-10-24-11-9-17/h5-11,15-16,20,28H,12-14H2,1-4H3,(H,25,29)/t15-,16-,20+/m0/s1. The molecule has 31 heavy (non-hydrogen) atoms. The molecule has 0 unspecified atom stereocenters. The lowest BCUT2D eigenvalue weighted by Gasteiger charge is -2.38. The molecule has 2 N–H and O–H groups in total. The van der Waals surface area contributed by atoms with E-state index in [0.717, 1.165) is 0 Å². The van der Waals surface area contributed by atoms with Gasteiger partial charge in [-0.1, -0.05) is 13.0 Å². The zero-order valence-corrected chi connectivity index (χ0v) is 18.4. The van der Waals surface area contributed by atoms with Crippen molar-refractivity contribution in [3.05, 3.63) is 53.9 Å². The highest BCUT2D eigenvalue weighted by atomic mass is 16.5. The van der Waals surface area contributed by atoms with Gasteiger partial charge in [0.2, 0.25) is 0 Å². The summed E-state index contributed by atoms with van der Waals surface area (Å²) in [6, 6.07) is 8.04. The first kappa shape index (κ1) is 22.7. The molecule has 0 radical (unpaired) electrons. The van der Waals surface area contributed by atoms with Crippen molar-refractivity contribution in [3.63, 3.8) is 0 Å². The fourth-order valence-corrected chi connectivity index (χ4v) is 3.62. The number of anilines is 1. The molecule has 0 saturated carbocycles. The molecule has 0 aliphatic carbocycles. The average molecular weight is 427 g/mol. The van der Waals surface area contributed by atoms with Gasteiger partial charge in [-0.3, -0.25) is 14.6 Å². The highest BCUT2D eigenvalue weighted by molar-refractivity contribution is 6.07. The molecule has 3 atom stereocenters. The number of para-hydroxylation sites is 1. The molecular formula is C23H30N4O4. The Bertz CT molecular complexity index is 919. The molecular weight excluding hydrogens is 396 g/mol. The number of carbonyl (C=O) groups is 2. The minimum atomic E-state index is -0.337. The number of rotatable bonds is 6. The first-order valence-electron chi connectivity index (χ1n) is 10.4. The van der Waals surface area contributed by atoms with Crippen LogP contribution in [0.15, 0.2) is 42.7 Å². The number of pyridine rings is 1.